The Balaban J connectivity index is 3.75. The van der Waals surface area contributed by atoms with Crippen molar-refractivity contribution in [3.8, 4) is 0 Å². The number of halogens is 3. The standard InChI is InChI=1S/C5H9Cl3O/c1-4(2,9)3-5(6,7)8/h9H,3H2,1-2H3. The third kappa shape index (κ3) is 8.83. The molecule has 0 fully saturated rings. The van der Waals surface area contributed by atoms with Crippen LogP contribution in [0.4, 0.5) is 0 Å². The van der Waals surface area contributed by atoms with Gasteiger partial charge in [-0.3, -0.25) is 0 Å². The zero-order valence-electron chi connectivity index (χ0n) is 5.29. The lowest BCUT2D eigenvalue weighted by molar-refractivity contribution is 0.0724. The fourth-order valence-corrected chi connectivity index (χ4v) is 1.47. The van der Waals surface area contributed by atoms with Gasteiger partial charge in [0.25, 0.3) is 0 Å². The summed E-state index contributed by atoms with van der Waals surface area (Å²) < 4.78 is -1.35. The Morgan fingerprint density at radius 3 is 1.56 bits per heavy atom. The molecule has 0 aliphatic carbocycles. The maximum atomic E-state index is 9.10. The first kappa shape index (κ1) is 9.83. The van der Waals surface area contributed by atoms with Crippen molar-refractivity contribution in [3.63, 3.8) is 0 Å². The molecule has 0 saturated carbocycles. The lowest BCUT2D eigenvalue weighted by Gasteiger charge is -2.21. The zero-order chi connectivity index (χ0) is 7.71. The monoisotopic (exact) mass is 190 g/mol. The normalized spacial score (nSPS) is 14.0. The van der Waals surface area contributed by atoms with Crippen LogP contribution in [0.25, 0.3) is 0 Å². The van der Waals surface area contributed by atoms with Crippen LogP contribution in [-0.2, 0) is 0 Å². The molecule has 0 heterocycles. The first-order chi connectivity index (χ1) is 3.71. The van der Waals surface area contributed by atoms with E-state index in [1.54, 1.807) is 13.8 Å². The molecule has 1 nitrogen and oxygen atoms in total. The van der Waals surface area contributed by atoms with E-state index in [1.165, 1.54) is 0 Å². The Labute approximate surface area is 69.9 Å². The van der Waals surface area contributed by atoms with Crippen molar-refractivity contribution < 1.29 is 5.11 Å². The topological polar surface area (TPSA) is 20.2 Å². The number of hydrogen-bond acceptors (Lipinski definition) is 1. The van der Waals surface area contributed by atoms with Crippen LogP contribution in [0.15, 0.2) is 0 Å². The van der Waals surface area contributed by atoms with Crippen molar-refractivity contribution in [2.45, 2.75) is 29.7 Å². The van der Waals surface area contributed by atoms with Crippen LogP contribution in [0.2, 0.25) is 0 Å². The van der Waals surface area contributed by atoms with E-state index in [0.29, 0.717) is 0 Å². The first-order valence-electron chi connectivity index (χ1n) is 2.50. The lowest BCUT2D eigenvalue weighted by atomic mass is 10.1. The Morgan fingerprint density at radius 1 is 1.22 bits per heavy atom. The average molecular weight is 191 g/mol. The number of hydrogen-bond donors (Lipinski definition) is 1. The zero-order valence-corrected chi connectivity index (χ0v) is 7.56. The van der Waals surface area contributed by atoms with Gasteiger partial charge in [0, 0.05) is 6.42 Å². The van der Waals surface area contributed by atoms with Crippen LogP contribution in [0.1, 0.15) is 20.3 Å². The molecule has 0 spiro atoms. The number of alkyl halides is 3. The fourth-order valence-electron chi connectivity index (χ4n) is 0.491. The molecule has 0 aromatic heterocycles. The summed E-state index contributed by atoms with van der Waals surface area (Å²) in [5.41, 5.74) is -0.911. The Kier molecular flexibility index (Phi) is 3.09. The third-order valence-corrected chi connectivity index (χ3v) is 1.03. The van der Waals surface area contributed by atoms with Gasteiger partial charge in [-0.05, 0) is 13.8 Å². The van der Waals surface area contributed by atoms with Crippen molar-refractivity contribution in [2.24, 2.45) is 0 Å². The summed E-state index contributed by atoms with van der Waals surface area (Å²) >= 11 is 16.2. The molecule has 0 aliphatic rings. The Hall–Kier alpha value is 0.830. The van der Waals surface area contributed by atoms with Crippen LogP contribution >= 0.6 is 34.8 Å². The summed E-state index contributed by atoms with van der Waals surface area (Å²) in [6, 6.07) is 0. The van der Waals surface area contributed by atoms with Crippen LogP contribution in [0, 0.1) is 0 Å². The summed E-state index contributed by atoms with van der Waals surface area (Å²) in [5, 5.41) is 9.10. The predicted molar refractivity (Wildman–Crippen MR) is 41.2 cm³/mol. The second-order valence-electron chi connectivity index (χ2n) is 2.60. The van der Waals surface area contributed by atoms with Gasteiger partial charge in [-0.25, -0.2) is 0 Å². The van der Waals surface area contributed by atoms with Gasteiger partial charge in [0.05, 0.1) is 5.60 Å². The molecule has 0 amide bonds. The first-order valence-corrected chi connectivity index (χ1v) is 3.63. The summed E-state index contributed by atoms with van der Waals surface area (Å²) in [6.45, 7) is 3.18. The van der Waals surface area contributed by atoms with E-state index in [2.05, 4.69) is 0 Å². The molecule has 0 rings (SSSR count). The Morgan fingerprint density at radius 2 is 1.56 bits per heavy atom. The van der Waals surface area contributed by atoms with Gasteiger partial charge in [-0.1, -0.05) is 34.8 Å². The van der Waals surface area contributed by atoms with Crippen LogP contribution in [0.5, 0.6) is 0 Å². The molecule has 0 bridgehead atoms. The van der Waals surface area contributed by atoms with Crippen molar-refractivity contribution in [1.82, 2.24) is 0 Å². The maximum Gasteiger partial charge on any atom is 0.193 e. The van der Waals surface area contributed by atoms with Crippen LogP contribution in [0.3, 0.4) is 0 Å². The highest BCUT2D eigenvalue weighted by Gasteiger charge is 2.28. The molecule has 0 aliphatic heterocycles. The highest BCUT2D eigenvalue weighted by molar-refractivity contribution is 6.67. The minimum absolute atomic E-state index is 0.144. The summed E-state index contributed by atoms with van der Waals surface area (Å²) in [4.78, 5) is 0. The van der Waals surface area contributed by atoms with Gasteiger partial charge in [0.2, 0.25) is 0 Å². The van der Waals surface area contributed by atoms with Crippen molar-refractivity contribution in [3.05, 3.63) is 0 Å². The smallest absolute Gasteiger partial charge is 0.193 e. The molecule has 9 heavy (non-hydrogen) atoms. The second kappa shape index (κ2) is 2.83. The van der Waals surface area contributed by atoms with Gasteiger partial charge in [0.1, 0.15) is 0 Å². The quantitative estimate of drug-likeness (QED) is 0.632. The SMILES string of the molecule is CC(C)(O)CC(Cl)(Cl)Cl. The van der Waals surface area contributed by atoms with Crippen LogP contribution in [-0.4, -0.2) is 14.5 Å². The van der Waals surface area contributed by atoms with Crippen molar-refractivity contribution in [1.29, 1.82) is 0 Å². The van der Waals surface area contributed by atoms with E-state index in [4.69, 9.17) is 39.9 Å². The molecular formula is C5H9Cl3O. The van der Waals surface area contributed by atoms with Crippen LogP contribution < -0.4 is 0 Å². The molecule has 0 aromatic rings. The van der Waals surface area contributed by atoms with E-state index in [1.807, 2.05) is 0 Å². The lowest BCUT2D eigenvalue weighted by Crippen LogP contribution is -2.25. The van der Waals surface area contributed by atoms with E-state index in [-0.39, 0.29) is 6.42 Å². The summed E-state index contributed by atoms with van der Waals surface area (Å²) in [5.74, 6) is 0. The van der Waals surface area contributed by atoms with Gasteiger partial charge in [-0.2, -0.15) is 0 Å². The predicted octanol–water partition coefficient (Wildman–Crippen LogP) is 2.52. The summed E-state index contributed by atoms with van der Waals surface area (Å²) in [7, 11) is 0. The van der Waals surface area contributed by atoms with E-state index >= 15 is 0 Å². The molecule has 0 unspecified atom stereocenters. The van der Waals surface area contributed by atoms with Gasteiger partial charge in [0.15, 0.2) is 3.79 Å². The molecule has 0 saturated heterocycles. The third-order valence-electron chi connectivity index (χ3n) is 0.633. The molecule has 0 radical (unpaired) electrons. The highest BCUT2D eigenvalue weighted by Crippen LogP contribution is 2.34. The molecule has 1 N–H and O–H groups in total. The Bertz CT molecular complexity index is 77.4. The van der Waals surface area contributed by atoms with Gasteiger partial charge >= 0.3 is 0 Å². The molecular weight excluding hydrogens is 182 g/mol. The molecule has 56 valence electrons. The average Bonchev–Trinajstić information content (AvgIpc) is 1.14. The number of aliphatic hydroxyl groups is 1. The highest BCUT2D eigenvalue weighted by atomic mass is 35.6. The van der Waals surface area contributed by atoms with Crippen molar-refractivity contribution in [2.75, 3.05) is 0 Å². The second-order valence-corrected chi connectivity index (χ2v) is 5.12. The molecule has 4 heteroatoms. The maximum absolute atomic E-state index is 9.10. The minimum atomic E-state index is -1.35. The van der Waals surface area contributed by atoms with E-state index in [9.17, 15) is 0 Å². The number of rotatable bonds is 1. The molecule has 0 aromatic carbocycles. The summed E-state index contributed by atoms with van der Waals surface area (Å²) in [6.07, 6.45) is 0.144. The van der Waals surface area contributed by atoms with Gasteiger partial charge in [-0.15, -0.1) is 0 Å². The molecule has 0 atom stereocenters. The fraction of sp³-hybridized carbons (Fsp3) is 1.00. The van der Waals surface area contributed by atoms with Gasteiger partial charge < -0.3 is 5.11 Å². The largest absolute Gasteiger partial charge is 0.390 e. The minimum Gasteiger partial charge on any atom is -0.390 e. The van der Waals surface area contributed by atoms with E-state index < -0.39 is 9.39 Å². The van der Waals surface area contributed by atoms with E-state index in [0.717, 1.165) is 0 Å². The van der Waals surface area contributed by atoms with Crippen molar-refractivity contribution >= 4 is 34.8 Å².